The second kappa shape index (κ2) is 4.49. The monoisotopic (exact) mass is 90.1 g/mol. The Morgan fingerprint density at radius 1 is 1.00 bits per heavy atom. The van der Waals surface area contributed by atoms with Crippen LogP contribution < -0.4 is 0 Å². The van der Waals surface area contributed by atoms with Crippen molar-refractivity contribution in [2.24, 2.45) is 0 Å². The van der Waals surface area contributed by atoms with Gasteiger partial charge in [0, 0.05) is 0 Å². The van der Waals surface area contributed by atoms with Crippen LogP contribution in [0.3, 0.4) is 0 Å². The van der Waals surface area contributed by atoms with Gasteiger partial charge < -0.3 is 5.48 Å². The van der Waals surface area contributed by atoms with Crippen LogP contribution in [0.25, 0.3) is 0 Å². The first kappa shape index (κ1) is 9.09. The smallest absolute Gasteiger partial charge is 0.0472 e. The molecule has 2 N–H and O–H groups in total. The van der Waals surface area contributed by atoms with Crippen molar-refractivity contribution in [3.8, 4) is 0 Å². The van der Waals surface area contributed by atoms with Crippen LogP contribution in [-0.4, -0.2) is 19.6 Å². The predicted molar refractivity (Wildman–Crippen MR) is 27.0 cm³/mol. The first-order valence-corrected chi connectivity index (χ1v) is 5.20. The Labute approximate surface area is 37.7 Å². The average Bonchev–Trinajstić information content (AvgIpc) is 0.811. The summed E-state index contributed by atoms with van der Waals surface area (Å²) < 4.78 is 0. The highest BCUT2D eigenvalue weighted by Crippen LogP contribution is 1.68. The van der Waals surface area contributed by atoms with Crippen LogP contribution >= 0.6 is 0 Å². The molecule has 0 saturated heterocycles. The number of hydrogen-bond donors (Lipinski definition) is 0. The second-order valence-electron chi connectivity index (χ2n) is 1.73. The molecule has 0 saturated carbocycles. The number of rotatable bonds is 0. The van der Waals surface area contributed by atoms with E-state index in [4.69, 9.17) is 0 Å². The Balaban J connectivity index is 0. The first-order chi connectivity index (χ1) is 1.73. The van der Waals surface area contributed by atoms with E-state index in [0.29, 0.717) is 0 Å². The Morgan fingerprint density at radius 3 is 1.00 bits per heavy atom. The van der Waals surface area contributed by atoms with Gasteiger partial charge in [0.15, 0.2) is 0 Å². The summed E-state index contributed by atoms with van der Waals surface area (Å²) in [5.74, 6) is 6.92. The van der Waals surface area contributed by atoms with Crippen LogP contribution in [0.4, 0.5) is 0 Å². The van der Waals surface area contributed by atoms with Crippen molar-refractivity contribution in [3.63, 3.8) is 0 Å². The molecule has 0 aromatic carbocycles. The Morgan fingerprint density at radius 2 is 1.00 bits per heavy atom. The van der Waals surface area contributed by atoms with E-state index < -0.39 is 0 Å². The quantitative estimate of drug-likeness (QED) is 0.389. The van der Waals surface area contributed by atoms with Crippen molar-refractivity contribution in [1.29, 1.82) is 0 Å². The molecule has 1 nitrogen and oxygen atoms in total. The van der Waals surface area contributed by atoms with E-state index in [9.17, 15) is 0 Å². The lowest BCUT2D eigenvalue weighted by molar-refractivity contribution is 0.824. The van der Waals surface area contributed by atoms with Gasteiger partial charge in [-0.3, -0.25) is 0 Å². The summed E-state index contributed by atoms with van der Waals surface area (Å²) in [5, 5.41) is 0. The lowest BCUT2D eigenvalue weighted by Gasteiger charge is -1.87. The van der Waals surface area contributed by atoms with E-state index in [1.807, 2.05) is 0 Å². The lowest BCUT2D eigenvalue weighted by atomic mass is 11.8. The summed E-state index contributed by atoms with van der Waals surface area (Å²) in [6.07, 6.45) is 0. The van der Waals surface area contributed by atoms with Crippen molar-refractivity contribution < 1.29 is 5.48 Å². The van der Waals surface area contributed by atoms with Crippen molar-refractivity contribution >= 4 is 14.1 Å². The highest BCUT2D eigenvalue weighted by atomic mass is 27.2. The van der Waals surface area contributed by atoms with Crippen LogP contribution in [0, 0.1) is 0 Å². The van der Waals surface area contributed by atoms with Crippen molar-refractivity contribution in [1.82, 2.24) is 0 Å². The van der Waals surface area contributed by atoms with E-state index in [1.54, 1.807) is 0 Å². The molecule has 0 aromatic rings. The van der Waals surface area contributed by atoms with Gasteiger partial charge in [-0.25, -0.2) is 17.4 Å². The predicted octanol–water partition coefficient (Wildman–Crippen LogP) is 0.546. The molecule has 1 radical (unpaired) electrons. The molecule has 0 spiro atoms. The van der Waals surface area contributed by atoms with Crippen LogP contribution in [0.1, 0.15) is 0 Å². The molecule has 2 heteroatoms. The molecule has 0 aliphatic rings. The van der Waals surface area contributed by atoms with E-state index in [1.165, 1.54) is 0 Å². The molecule has 0 atom stereocenters. The first-order valence-electron chi connectivity index (χ1n) is 1.73. The van der Waals surface area contributed by atoms with Gasteiger partial charge in [-0.15, -0.1) is 0 Å². The molecular formula is C3H11AlO-. The van der Waals surface area contributed by atoms with Crippen LogP contribution in [0.5, 0.6) is 0 Å². The summed E-state index contributed by atoms with van der Waals surface area (Å²) in [6.45, 7) is 0. The standard InChI is InChI=1S/3CH3.Al.H2O/h3*1H3;;1H2/q;;;-1;. The van der Waals surface area contributed by atoms with Crippen molar-refractivity contribution in [2.45, 2.75) is 17.4 Å². The third kappa shape index (κ3) is 115. The minimum Gasteiger partial charge on any atom is -0.412 e. The number of hydrogen-bond acceptors (Lipinski definition) is 0. The zero-order valence-electron chi connectivity index (χ0n) is 4.08. The zero-order chi connectivity index (χ0) is 3.58. The van der Waals surface area contributed by atoms with E-state index in [2.05, 4.69) is 17.4 Å². The van der Waals surface area contributed by atoms with Crippen molar-refractivity contribution in [2.75, 3.05) is 0 Å². The maximum Gasteiger partial charge on any atom is -0.0472 e. The largest absolute Gasteiger partial charge is 0.412 e. The van der Waals surface area contributed by atoms with E-state index >= 15 is 0 Å². The summed E-state index contributed by atoms with van der Waals surface area (Å²) in [6, 6.07) is 0. The van der Waals surface area contributed by atoms with Gasteiger partial charge in [0.1, 0.15) is 0 Å². The van der Waals surface area contributed by atoms with Gasteiger partial charge in [-0.2, -0.15) is 0 Å². The van der Waals surface area contributed by atoms with E-state index in [0.717, 1.165) is 0 Å². The summed E-state index contributed by atoms with van der Waals surface area (Å²) in [5.41, 5.74) is 0. The fourth-order valence-electron chi connectivity index (χ4n) is 0. The van der Waals surface area contributed by atoms with Crippen LogP contribution in [0.15, 0.2) is 0 Å². The van der Waals surface area contributed by atoms with Gasteiger partial charge in [-0.1, -0.05) is 0 Å². The molecule has 0 bridgehead atoms. The molecule has 0 aromatic heterocycles. The van der Waals surface area contributed by atoms with Gasteiger partial charge >= 0.3 is 0 Å². The summed E-state index contributed by atoms with van der Waals surface area (Å²) >= 11 is -0.139. The SMILES string of the molecule is O.[CH3][Al-]([CH3])[CH3]. The van der Waals surface area contributed by atoms with Gasteiger partial charge in [0.05, 0.1) is 0 Å². The normalized spacial score (nSPS) is 7.20. The Bertz CT molecular complexity index is 11.6. The molecule has 0 fully saturated rings. The molecule has 0 rings (SSSR count). The lowest BCUT2D eigenvalue weighted by Crippen LogP contribution is -1.84. The molecule has 0 heterocycles. The molecule has 0 amide bonds. The molecule has 33 valence electrons. The average molecular weight is 90.1 g/mol. The Hall–Kier alpha value is 0.492. The molecule has 5 heavy (non-hydrogen) atoms. The van der Waals surface area contributed by atoms with Gasteiger partial charge in [0.25, 0.3) is 0 Å². The van der Waals surface area contributed by atoms with Crippen LogP contribution in [0.2, 0.25) is 17.4 Å². The van der Waals surface area contributed by atoms with Crippen molar-refractivity contribution in [3.05, 3.63) is 0 Å². The minimum absolute atomic E-state index is 0. The third-order valence-electron chi connectivity index (χ3n) is 0. The molecule has 0 aliphatic heterocycles. The van der Waals surface area contributed by atoms with Gasteiger partial charge in [-0.05, 0) is 14.1 Å². The summed E-state index contributed by atoms with van der Waals surface area (Å²) in [7, 11) is 0. The topological polar surface area (TPSA) is 31.5 Å². The van der Waals surface area contributed by atoms with E-state index in [-0.39, 0.29) is 19.6 Å². The Kier molecular flexibility index (Phi) is 8.17. The van der Waals surface area contributed by atoms with Crippen LogP contribution in [-0.2, 0) is 0 Å². The fraction of sp³-hybridized carbons (Fsp3) is 1.00. The minimum atomic E-state index is -0.139. The molecule has 0 unspecified atom stereocenters. The highest BCUT2D eigenvalue weighted by molar-refractivity contribution is 6.54. The maximum atomic E-state index is 2.31. The fourth-order valence-corrected chi connectivity index (χ4v) is 0. The van der Waals surface area contributed by atoms with Gasteiger partial charge in [0.2, 0.25) is 0 Å². The summed E-state index contributed by atoms with van der Waals surface area (Å²) in [4.78, 5) is 0. The zero-order valence-corrected chi connectivity index (χ0v) is 5.23. The highest BCUT2D eigenvalue weighted by Gasteiger charge is 1.60. The molecular weight excluding hydrogens is 79.0 g/mol. The second-order valence-corrected chi connectivity index (χ2v) is 5.20. The maximum absolute atomic E-state index is 2.31. The third-order valence-corrected chi connectivity index (χ3v) is 0. The molecule has 0 aliphatic carbocycles.